The van der Waals surface area contributed by atoms with Gasteiger partial charge in [0.2, 0.25) is 5.78 Å². The molecule has 0 amide bonds. The summed E-state index contributed by atoms with van der Waals surface area (Å²) in [5, 5.41) is 0.886. The number of carbonyl (C=O) groups excluding carboxylic acids is 1. The highest BCUT2D eigenvalue weighted by atomic mass is 31.2. The van der Waals surface area contributed by atoms with Gasteiger partial charge in [-0.1, -0.05) is 30.3 Å². The van der Waals surface area contributed by atoms with Crippen LogP contribution in [-0.2, 0) is 13.6 Å². The van der Waals surface area contributed by atoms with E-state index < -0.39 is 7.82 Å². The number of rotatable bonds is 9. The zero-order valence-electron chi connectivity index (χ0n) is 20.6. The number of Topliss-reactive ketones (excluding diaryl/α,β-unsaturated/α-hetero) is 1. The molecule has 1 aromatic heterocycles. The van der Waals surface area contributed by atoms with Crippen molar-refractivity contribution >= 4 is 30.6 Å². The Bertz CT molecular complexity index is 1530. The summed E-state index contributed by atoms with van der Waals surface area (Å²) in [4.78, 5) is 16.7. The molecule has 0 atom stereocenters. The second-order valence-electron chi connectivity index (χ2n) is 8.16. The van der Waals surface area contributed by atoms with Crippen molar-refractivity contribution in [3.8, 4) is 28.5 Å². The van der Waals surface area contributed by atoms with E-state index in [-0.39, 0.29) is 30.5 Å². The number of aromatic amines is 1. The van der Waals surface area contributed by atoms with E-state index in [0.717, 1.165) is 27.7 Å². The molecule has 1 aliphatic rings. The molecule has 0 saturated carbocycles. The molecule has 0 spiro atoms. The third kappa shape index (κ3) is 4.91. The van der Waals surface area contributed by atoms with Crippen molar-refractivity contribution in [3.63, 3.8) is 0 Å². The Morgan fingerprint density at radius 3 is 2.38 bits per heavy atom. The van der Waals surface area contributed by atoms with Crippen LogP contribution in [0.15, 0.2) is 72.5 Å². The van der Waals surface area contributed by atoms with Crippen LogP contribution in [0.3, 0.4) is 0 Å². The molecule has 190 valence electrons. The van der Waals surface area contributed by atoms with Gasteiger partial charge in [0.15, 0.2) is 5.76 Å². The van der Waals surface area contributed by atoms with Crippen molar-refractivity contribution in [2.75, 3.05) is 20.3 Å². The monoisotopic (exact) mass is 519 g/mol. The zero-order valence-corrected chi connectivity index (χ0v) is 21.5. The third-order valence-corrected chi connectivity index (χ3v) is 7.40. The van der Waals surface area contributed by atoms with Gasteiger partial charge in [-0.05, 0) is 55.8 Å². The van der Waals surface area contributed by atoms with Crippen molar-refractivity contribution in [3.05, 3.63) is 83.6 Å². The van der Waals surface area contributed by atoms with Gasteiger partial charge in [-0.25, -0.2) is 4.57 Å². The Kier molecular flexibility index (Phi) is 6.89. The number of fused-ring (bicyclic) bond motifs is 2. The Labute approximate surface area is 214 Å². The number of ether oxygens (including phenoxy) is 2. The number of phosphoric ester groups is 1. The van der Waals surface area contributed by atoms with Crippen LogP contribution in [-0.4, -0.2) is 31.1 Å². The van der Waals surface area contributed by atoms with Gasteiger partial charge in [0.25, 0.3) is 0 Å². The number of hydrogen-bond donors (Lipinski definition) is 1. The number of carbonyl (C=O) groups is 1. The van der Waals surface area contributed by atoms with E-state index in [9.17, 15) is 9.36 Å². The standard InChI is InChI=1S/C28H26NO7P/c1-4-33-37(31,34-5-2)36-20-11-13-21-25(16-20)35-26(28(21)30)17-23-22-15-19(32-3)12-14-24(22)29-27(23)18-9-7-6-8-10-18/h6-17,29H,4-5H2,1-3H3. The summed E-state index contributed by atoms with van der Waals surface area (Å²) in [6, 6.07) is 20.2. The Morgan fingerprint density at radius 2 is 1.68 bits per heavy atom. The fourth-order valence-corrected chi connectivity index (χ4v) is 5.38. The summed E-state index contributed by atoms with van der Waals surface area (Å²) in [6.45, 7) is 3.70. The Hall–Kier alpha value is -3.84. The van der Waals surface area contributed by atoms with Crippen molar-refractivity contribution in [1.29, 1.82) is 0 Å². The van der Waals surface area contributed by atoms with Gasteiger partial charge in [0.05, 0.1) is 31.6 Å². The van der Waals surface area contributed by atoms with Crippen molar-refractivity contribution in [2.24, 2.45) is 0 Å². The van der Waals surface area contributed by atoms with Gasteiger partial charge >= 0.3 is 7.82 Å². The number of methoxy groups -OCH3 is 1. The number of benzene rings is 3. The molecule has 0 bridgehead atoms. The first-order valence-corrected chi connectivity index (χ1v) is 13.3. The highest BCUT2D eigenvalue weighted by molar-refractivity contribution is 7.48. The van der Waals surface area contributed by atoms with Crippen LogP contribution in [0, 0.1) is 0 Å². The minimum absolute atomic E-state index is 0.156. The molecular weight excluding hydrogens is 493 g/mol. The van der Waals surface area contributed by atoms with E-state index in [1.54, 1.807) is 39.2 Å². The normalized spacial score (nSPS) is 14.1. The topological polar surface area (TPSA) is 96.1 Å². The molecule has 0 fully saturated rings. The first kappa shape index (κ1) is 24.8. The average molecular weight is 519 g/mol. The predicted molar refractivity (Wildman–Crippen MR) is 141 cm³/mol. The minimum Gasteiger partial charge on any atom is -0.497 e. The maximum Gasteiger partial charge on any atom is 0.530 e. The van der Waals surface area contributed by atoms with E-state index in [1.165, 1.54) is 6.07 Å². The molecule has 1 aliphatic heterocycles. The molecule has 0 radical (unpaired) electrons. The predicted octanol–water partition coefficient (Wildman–Crippen LogP) is 7.02. The zero-order chi connectivity index (χ0) is 26.0. The number of hydrogen-bond acceptors (Lipinski definition) is 7. The molecule has 0 aliphatic carbocycles. The number of allylic oxidation sites excluding steroid dienone is 1. The van der Waals surface area contributed by atoms with Gasteiger partial charge < -0.3 is 19.0 Å². The maximum absolute atomic E-state index is 13.3. The number of ketones is 1. The summed E-state index contributed by atoms with van der Waals surface area (Å²) < 4.78 is 40.1. The van der Waals surface area contributed by atoms with Crippen LogP contribution >= 0.6 is 7.82 Å². The van der Waals surface area contributed by atoms with Crippen LogP contribution in [0.1, 0.15) is 29.8 Å². The van der Waals surface area contributed by atoms with Crippen molar-refractivity contribution in [2.45, 2.75) is 13.8 Å². The van der Waals surface area contributed by atoms with Crippen molar-refractivity contribution in [1.82, 2.24) is 4.98 Å². The van der Waals surface area contributed by atoms with E-state index in [4.69, 9.17) is 23.0 Å². The lowest BCUT2D eigenvalue weighted by molar-refractivity contribution is 0.101. The fraction of sp³-hybridized carbons (Fsp3) is 0.179. The van der Waals surface area contributed by atoms with Crippen LogP contribution < -0.4 is 14.0 Å². The quantitative estimate of drug-likeness (QED) is 0.187. The van der Waals surface area contributed by atoms with Gasteiger partial charge in [-0.15, -0.1) is 0 Å². The minimum atomic E-state index is -3.79. The van der Waals surface area contributed by atoms with E-state index in [1.807, 2.05) is 48.5 Å². The smallest absolute Gasteiger partial charge is 0.497 e. The first-order chi connectivity index (χ1) is 17.9. The molecule has 9 heteroatoms. The highest BCUT2D eigenvalue weighted by Gasteiger charge is 2.31. The molecule has 37 heavy (non-hydrogen) atoms. The number of phosphoric acid groups is 1. The summed E-state index contributed by atoms with van der Waals surface area (Å²) in [7, 11) is -2.18. The average Bonchev–Trinajstić information content (AvgIpc) is 3.41. The molecule has 0 unspecified atom stereocenters. The van der Waals surface area contributed by atoms with Crippen molar-refractivity contribution < 1.29 is 32.4 Å². The number of nitrogens with one attached hydrogen (secondary N) is 1. The third-order valence-electron chi connectivity index (χ3n) is 5.82. The largest absolute Gasteiger partial charge is 0.530 e. The fourth-order valence-electron chi connectivity index (χ4n) is 4.19. The van der Waals surface area contributed by atoms with Crippen LogP contribution in [0.25, 0.3) is 28.2 Å². The lowest BCUT2D eigenvalue weighted by Crippen LogP contribution is -2.02. The summed E-state index contributed by atoms with van der Waals surface area (Å²) in [6.07, 6.45) is 1.73. The Morgan fingerprint density at radius 1 is 0.946 bits per heavy atom. The molecule has 3 aromatic carbocycles. The van der Waals surface area contributed by atoms with Crippen LogP contribution in [0.5, 0.6) is 17.2 Å². The SMILES string of the molecule is CCOP(=O)(OCC)Oc1ccc2c(c1)OC(=Cc1c(-c3ccccc3)[nH]c3ccc(OC)cc13)C2=O. The Balaban J connectivity index is 1.54. The molecule has 8 nitrogen and oxygen atoms in total. The highest BCUT2D eigenvalue weighted by Crippen LogP contribution is 2.50. The maximum atomic E-state index is 13.3. The molecule has 0 saturated heterocycles. The lowest BCUT2D eigenvalue weighted by Gasteiger charge is -2.17. The molecule has 1 N–H and O–H groups in total. The van der Waals surface area contributed by atoms with Gasteiger partial charge in [0, 0.05) is 22.5 Å². The van der Waals surface area contributed by atoms with E-state index in [0.29, 0.717) is 17.1 Å². The molecule has 5 rings (SSSR count). The number of aromatic nitrogens is 1. The summed E-state index contributed by atoms with van der Waals surface area (Å²) in [5.74, 6) is 1.09. The molecule has 2 heterocycles. The second kappa shape index (κ2) is 10.3. The number of H-pyrrole nitrogens is 1. The lowest BCUT2D eigenvalue weighted by atomic mass is 10.0. The first-order valence-electron chi connectivity index (χ1n) is 11.9. The van der Waals surface area contributed by atoms with Gasteiger partial charge in [-0.3, -0.25) is 13.8 Å². The summed E-state index contributed by atoms with van der Waals surface area (Å²) >= 11 is 0. The molecular formula is C28H26NO7P. The van der Waals surface area contributed by atoms with Gasteiger partial charge in [0.1, 0.15) is 17.2 Å². The van der Waals surface area contributed by atoms with Crippen LogP contribution in [0.2, 0.25) is 0 Å². The van der Waals surface area contributed by atoms with E-state index >= 15 is 0 Å². The van der Waals surface area contributed by atoms with Crippen LogP contribution in [0.4, 0.5) is 0 Å². The molecule has 4 aromatic rings. The van der Waals surface area contributed by atoms with E-state index in [2.05, 4.69) is 4.98 Å². The summed E-state index contributed by atoms with van der Waals surface area (Å²) in [5.41, 5.74) is 3.88. The second-order valence-corrected chi connectivity index (χ2v) is 9.76. The van der Waals surface area contributed by atoms with Gasteiger partial charge in [-0.2, -0.15) is 0 Å².